The molecule has 4 heteroatoms. The number of benzene rings is 1. The maximum atomic E-state index is 11.4. The molecule has 0 aromatic heterocycles. The Morgan fingerprint density at radius 2 is 2.07 bits per heavy atom. The first-order valence-corrected chi connectivity index (χ1v) is 4.75. The molecule has 82 valence electrons. The van der Waals surface area contributed by atoms with Crippen LogP contribution in [0, 0.1) is 0 Å². The summed E-state index contributed by atoms with van der Waals surface area (Å²) in [4.78, 5) is 12.8. The number of nitrogens with zero attached hydrogens (tertiary/aromatic N) is 1. The Morgan fingerprint density at radius 3 is 2.60 bits per heavy atom. The molecule has 1 atom stereocenters. The van der Waals surface area contributed by atoms with Crippen molar-refractivity contribution in [2.75, 3.05) is 13.6 Å². The van der Waals surface area contributed by atoms with Crippen LogP contribution in [0.5, 0.6) is 5.75 Å². The van der Waals surface area contributed by atoms with E-state index in [4.69, 9.17) is 9.84 Å². The fourth-order valence-corrected chi connectivity index (χ4v) is 1.14. The fraction of sp³-hybridized carbons (Fsp3) is 0.364. The van der Waals surface area contributed by atoms with Gasteiger partial charge in [-0.2, -0.15) is 0 Å². The molecule has 1 amide bonds. The van der Waals surface area contributed by atoms with Crippen molar-refractivity contribution < 1.29 is 14.6 Å². The Balaban J connectivity index is 2.49. The summed E-state index contributed by atoms with van der Waals surface area (Å²) in [7, 11) is 1.58. The molecule has 0 aliphatic carbocycles. The second-order valence-electron chi connectivity index (χ2n) is 3.41. The summed E-state index contributed by atoms with van der Waals surface area (Å²) in [5.41, 5.74) is 0. The molecular weight excluding hydrogens is 194 g/mol. The zero-order chi connectivity index (χ0) is 11.3. The summed E-state index contributed by atoms with van der Waals surface area (Å²) in [6.45, 7) is 1.87. The van der Waals surface area contributed by atoms with Crippen LogP contribution in [0.15, 0.2) is 30.3 Å². The van der Waals surface area contributed by atoms with Crippen LogP contribution in [0.3, 0.4) is 0 Å². The van der Waals surface area contributed by atoms with Crippen LogP contribution in [-0.2, 0) is 0 Å². The number of aliphatic hydroxyl groups excluding tert-OH is 1. The first-order valence-electron chi connectivity index (χ1n) is 4.75. The molecule has 1 rings (SSSR count). The van der Waals surface area contributed by atoms with Gasteiger partial charge in [-0.3, -0.25) is 0 Å². The van der Waals surface area contributed by atoms with Crippen molar-refractivity contribution in [2.24, 2.45) is 0 Å². The van der Waals surface area contributed by atoms with Crippen LogP contribution in [0.4, 0.5) is 4.79 Å². The van der Waals surface area contributed by atoms with Crippen LogP contribution in [-0.4, -0.2) is 35.8 Å². The van der Waals surface area contributed by atoms with Gasteiger partial charge in [-0.1, -0.05) is 18.2 Å². The largest absolute Gasteiger partial charge is 0.415 e. The third-order valence-electron chi connectivity index (χ3n) is 1.80. The molecule has 1 aromatic carbocycles. The molecular formula is C11H15NO3. The molecule has 4 nitrogen and oxygen atoms in total. The van der Waals surface area contributed by atoms with Crippen LogP contribution in [0.2, 0.25) is 0 Å². The van der Waals surface area contributed by atoms with E-state index in [0.29, 0.717) is 5.75 Å². The minimum Gasteiger partial charge on any atom is -0.410 e. The van der Waals surface area contributed by atoms with Crippen molar-refractivity contribution in [1.82, 2.24) is 4.90 Å². The Labute approximate surface area is 89.1 Å². The van der Waals surface area contributed by atoms with Gasteiger partial charge < -0.3 is 14.7 Å². The average Bonchev–Trinajstić information content (AvgIpc) is 2.18. The number of ether oxygens (including phenoxy) is 1. The summed E-state index contributed by atoms with van der Waals surface area (Å²) in [6.07, 6.45) is -1.03. The van der Waals surface area contributed by atoms with Gasteiger partial charge in [0, 0.05) is 13.6 Å². The van der Waals surface area contributed by atoms with Crippen molar-refractivity contribution >= 4 is 6.09 Å². The van der Waals surface area contributed by atoms with Gasteiger partial charge in [0.2, 0.25) is 0 Å². The minimum absolute atomic E-state index is 0.256. The van der Waals surface area contributed by atoms with Gasteiger partial charge in [-0.25, -0.2) is 4.79 Å². The topological polar surface area (TPSA) is 49.8 Å². The molecule has 1 N–H and O–H groups in total. The molecule has 0 fully saturated rings. The lowest BCUT2D eigenvalue weighted by Gasteiger charge is -2.17. The predicted molar refractivity (Wildman–Crippen MR) is 56.8 cm³/mol. The lowest BCUT2D eigenvalue weighted by molar-refractivity contribution is 0.121. The molecule has 0 radical (unpaired) electrons. The SMILES string of the molecule is CC(O)CN(C)C(=O)Oc1ccccc1. The molecule has 15 heavy (non-hydrogen) atoms. The van der Waals surface area contributed by atoms with E-state index < -0.39 is 12.2 Å². The van der Waals surface area contributed by atoms with Crippen molar-refractivity contribution in [2.45, 2.75) is 13.0 Å². The van der Waals surface area contributed by atoms with Crippen molar-refractivity contribution in [3.05, 3.63) is 30.3 Å². The third-order valence-corrected chi connectivity index (χ3v) is 1.80. The number of carbonyl (C=O) groups excluding carboxylic acids is 1. The van der Waals surface area contributed by atoms with Gasteiger partial charge in [-0.05, 0) is 19.1 Å². The van der Waals surface area contributed by atoms with Crippen LogP contribution < -0.4 is 4.74 Å². The summed E-state index contributed by atoms with van der Waals surface area (Å²) in [5.74, 6) is 0.500. The number of para-hydroxylation sites is 1. The summed E-state index contributed by atoms with van der Waals surface area (Å²) < 4.78 is 5.05. The lowest BCUT2D eigenvalue weighted by Crippen LogP contribution is -2.35. The first-order chi connectivity index (χ1) is 7.09. The van der Waals surface area contributed by atoms with Gasteiger partial charge in [0.25, 0.3) is 0 Å². The van der Waals surface area contributed by atoms with Crippen molar-refractivity contribution in [3.63, 3.8) is 0 Å². The standard InChI is InChI=1S/C11H15NO3/c1-9(13)8-12(2)11(14)15-10-6-4-3-5-7-10/h3-7,9,13H,8H2,1-2H3. The zero-order valence-electron chi connectivity index (χ0n) is 8.88. The molecule has 0 bridgehead atoms. The van der Waals surface area contributed by atoms with E-state index in [1.807, 2.05) is 6.07 Å². The van der Waals surface area contributed by atoms with Gasteiger partial charge in [-0.15, -0.1) is 0 Å². The highest BCUT2D eigenvalue weighted by atomic mass is 16.6. The minimum atomic E-state index is -0.557. The van der Waals surface area contributed by atoms with E-state index in [0.717, 1.165) is 0 Å². The average molecular weight is 209 g/mol. The lowest BCUT2D eigenvalue weighted by atomic mass is 10.3. The van der Waals surface area contributed by atoms with E-state index in [9.17, 15) is 4.79 Å². The van der Waals surface area contributed by atoms with Crippen LogP contribution in [0.1, 0.15) is 6.92 Å². The van der Waals surface area contributed by atoms with Gasteiger partial charge in [0.15, 0.2) is 0 Å². The van der Waals surface area contributed by atoms with Crippen molar-refractivity contribution in [3.8, 4) is 5.75 Å². The van der Waals surface area contributed by atoms with E-state index in [1.54, 1.807) is 38.2 Å². The number of amides is 1. The summed E-state index contributed by atoms with van der Waals surface area (Å²) in [6, 6.07) is 8.83. The zero-order valence-corrected chi connectivity index (χ0v) is 8.88. The fourth-order valence-electron chi connectivity index (χ4n) is 1.14. The number of carbonyl (C=O) groups is 1. The summed E-state index contributed by atoms with van der Waals surface area (Å²) >= 11 is 0. The number of rotatable bonds is 3. The Bertz CT molecular complexity index is 311. The predicted octanol–water partition coefficient (Wildman–Crippen LogP) is 1.50. The normalized spacial score (nSPS) is 11.9. The Kier molecular flexibility index (Phi) is 4.12. The third kappa shape index (κ3) is 3.99. The van der Waals surface area contributed by atoms with E-state index in [2.05, 4.69) is 0 Å². The number of hydrogen-bond donors (Lipinski definition) is 1. The maximum Gasteiger partial charge on any atom is 0.415 e. The second kappa shape index (κ2) is 5.36. The quantitative estimate of drug-likeness (QED) is 0.820. The van der Waals surface area contributed by atoms with E-state index in [1.165, 1.54) is 4.90 Å². The molecule has 0 heterocycles. The molecule has 0 saturated carbocycles. The van der Waals surface area contributed by atoms with Gasteiger partial charge in [0.05, 0.1) is 6.10 Å². The molecule has 1 aromatic rings. The number of aliphatic hydroxyl groups is 1. The summed E-state index contributed by atoms with van der Waals surface area (Å²) in [5, 5.41) is 9.09. The Hall–Kier alpha value is -1.55. The highest BCUT2D eigenvalue weighted by Gasteiger charge is 2.12. The number of likely N-dealkylation sites (N-methyl/N-ethyl adjacent to an activating group) is 1. The molecule has 0 aliphatic heterocycles. The highest BCUT2D eigenvalue weighted by molar-refractivity contribution is 5.70. The second-order valence-corrected chi connectivity index (χ2v) is 3.41. The van der Waals surface area contributed by atoms with Gasteiger partial charge in [0.1, 0.15) is 5.75 Å². The molecule has 0 aliphatic rings. The smallest absolute Gasteiger partial charge is 0.410 e. The monoisotopic (exact) mass is 209 g/mol. The van der Waals surface area contributed by atoms with Crippen molar-refractivity contribution in [1.29, 1.82) is 0 Å². The van der Waals surface area contributed by atoms with E-state index in [-0.39, 0.29) is 6.54 Å². The molecule has 1 unspecified atom stereocenters. The van der Waals surface area contributed by atoms with E-state index >= 15 is 0 Å². The number of hydrogen-bond acceptors (Lipinski definition) is 3. The molecule has 0 saturated heterocycles. The maximum absolute atomic E-state index is 11.4. The van der Waals surface area contributed by atoms with Gasteiger partial charge >= 0.3 is 6.09 Å². The highest BCUT2D eigenvalue weighted by Crippen LogP contribution is 2.09. The molecule has 0 spiro atoms. The first kappa shape index (κ1) is 11.5. The van der Waals surface area contributed by atoms with Crippen LogP contribution >= 0.6 is 0 Å². The Morgan fingerprint density at radius 1 is 1.47 bits per heavy atom. The van der Waals surface area contributed by atoms with Crippen LogP contribution in [0.25, 0.3) is 0 Å².